The first kappa shape index (κ1) is 22.1. The van der Waals surface area contributed by atoms with Crippen LogP contribution >= 0.6 is 23.7 Å². The quantitative estimate of drug-likeness (QED) is 0.685. The summed E-state index contributed by atoms with van der Waals surface area (Å²) in [5.41, 5.74) is 3.51. The third-order valence-corrected chi connectivity index (χ3v) is 5.99. The largest absolute Gasteiger partial charge is 0.379 e. The Morgan fingerprint density at radius 1 is 1.26 bits per heavy atom. The van der Waals surface area contributed by atoms with Gasteiger partial charge in [0.2, 0.25) is 5.91 Å². The molecule has 150 valence electrons. The Morgan fingerprint density at radius 2 is 1.96 bits per heavy atom. The van der Waals surface area contributed by atoms with Crippen LogP contribution in [0.25, 0.3) is 10.2 Å². The normalized spacial score (nSPS) is 14.9. The molecule has 0 aliphatic carbocycles. The summed E-state index contributed by atoms with van der Waals surface area (Å²) >= 11 is 1.63. The number of hydrogen-bond donors (Lipinski definition) is 0. The number of hydrogen-bond acceptors (Lipinski definition) is 5. The standard InChI is InChI=1S/C20H29N3O2S.ClH/c1-4-6-19(24)23(8-5-7-22-9-11-25-12-10-22)20-21-17-13-15(2)16(3)14-18(17)26-20;/h13-14H,4-12H2,1-3H3;1H. The molecule has 1 aromatic carbocycles. The molecule has 7 heteroatoms. The number of halogens is 1. The minimum Gasteiger partial charge on any atom is -0.379 e. The average Bonchev–Trinajstić information content (AvgIpc) is 3.02. The fraction of sp³-hybridized carbons (Fsp3) is 0.600. The summed E-state index contributed by atoms with van der Waals surface area (Å²) in [7, 11) is 0. The number of nitrogens with zero attached hydrogens (tertiary/aromatic N) is 3. The molecule has 0 radical (unpaired) electrons. The van der Waals surface area contributed by atoms with E-state index in [4.69, 9.17) is 9.72 Å². The number of thiazole rings is 1. The zero-order valence-corrected chi connectivity index (χ0v) is 18.1. The Morgan fingerprint density at radius 3 is 2.67 bits per heavy atom. The highest BCUT2D eigenvalue weighted by Gasteiger charge is 2.20. The maximum Gasteiger partial charge on any atom is 0.228 e. The molecule has 0 spiro atoms. The molecule has 1 saturated heterocycles. The van der Waals surface area contributed by atoms with Gasteiger partial charge in [-0.05, 0) is 49.9 Å². The number of ether oxygens (including phenoxy) is 1. The Hall–Kier alpha value is -1.21. The van der Waals surface area contributed by atoms with Gasteiger partial charge in [0.15, 0.2) is 5.13 Å². The zero-order chi connectivity index (χ0) is 18.5. The maximum absolute atomic E-state index is 12.7. The molecule has 0 bridgehead atoms. The monoisotopic (exact) mass is 411 g/mol. The van der Waals surface area contributed by atoms with Gasteiger partial charge < -0.3 is 4.74 Å². The van der Waals surface area contributed by atoms with E-state index in [-0.39, 0.29) is 18.3 Å². The number of aromatic nitrogens is 1. The molecule has 1 fully saturated rings. The van der Waals surface area contributed by atoms with Crippen molar-refractivity contribution < 1.29 is 9.53 Å². The van der Waals surface area contributed by atoms with Crippen molar-refractivity contribution in [3.8, 4) is 0 Å². The molecule has 0 unspecified atom stereocenters. The Bertz CT molecular complexity index is 720. The van der Waals surface area contributed by atoms with E-state index in [2.05, 4.69) is 37.8 Å². The Labute approximate surface area is 172 Å². The van der Waals surface area contributed by atoms with E-state index < -0.39 is 0 Å². The highest BCUT2D eigenvalue weighted by atomic mass is 35.5. The van der Waals surface area contributed by atoms with E-state index in [1.54, 1.807) is 11.3 Å². The molecule has 1 aromatic heterocycles. The van der Waals surface area contributed by atoms with E-state index in [9.17, 15) is 4.79 Å². The lowest BCUT2D eigenvalue weighted by Gasteiger charge is -2.27. The molecule has 5 nitrogen and oxygen atoms in total. The molecule has 2 heterocycles. The molecule has 1 aliphatic heterocycles. The molecule has 3 rings (SSSR count). The first-order valence-electron chi connectivity index (χ1n) is 9.56. The fourth-order valence-electron chi connectivity index (χ4n) is 3.24. The number of carbonyl (C=O) groups is 1. The third-order valence-electron chi connectivity index (χ3n) is 4.95. The lowest BCUT2D eigenvalue weighted by molar-refractivity contribution is -0.118. The van der Waals surface area contributed by atoms with Crippen LogP contribution in [0.4, 0.5) is 5.13 Å². The van der Waals surface area contributed by atoms with Crippen molar-refractivity contribution in [3.63, 3.8) is 0 Å². The second-order valence-corrected chi connectivity index (χ2v) is 8.01. The number of benzene rings is 1. The average molecular weight is 412 g/mol. The van der Waals surface area contributed by atoms with Gasteiger partial charge >= 0.3 is 0 Å². The van der Waals surface area contributed by atoms with Crippen LogP contribution in [0.2, 0.25) is 0 Å². The molecule has 27 heavy (non-hydrogen) atoms. The first-order chi connectivity index (χ1) is 12.6. The van der Waals surface area contributed by atoms with Gasteiger partial charge in [-0.25, -0.2) is 4.98 Å². The van der Waals surface area contributed by atoms with Crippen molar-refractivity contribution in [1.29, 1.82) is 0 Å². The smallest absolute Gasteiger partial charge is 0.228 e. The van der Waals surface area contributed by atoms with Crippen LogP contribution in [-0.2, 0) is 9.53 Å². The topological polar surface area (TPSA) is 45.7 Å². The van der Waals surface area contributed by atoms with Crippen molar-refractivity contribution in [2.24, 2.45) is 0 Å². The molecule has 1 amide bonds. The van der Waals surface area contributed by atoms with Gasteiger partial charge in [-0.2, -0.15) is 0 Å². The van der Waals surface area contributed by atoms with Gasteiger partial charge in [0.05, 0.1) is 23.4 Å². The second-order valence-electron chi connectivity index (χ2n) is 7.00. The number of carbonyl (C=O) groups excluding carboxylic acids is 1. The van der Waals surface area contributed by atoms with Crippen molar-refractivity contribution in [3.05, 3.63) is 23.3 Å². The maximum atomic E-state index is 12.7. The molecular weight excluding hydrogens is 382 g/mol. The first-order valence-corrected chi connectivity index (χ1v) is 10.4. The number of fused-ring (bicyclic) bond motifs is 1. The Kier molecular flexibility index (Phi) is 8.48. The highest BCUT2D eigenvalue weighted by Crippen LogP contribution is 2.31. The SMILES string of the molecule is CCCC(=O)N(CCCN1CCOCC1)c1nc2cc(C)c(C)cc2s1.Cl. The predicted molar refractivity (Wildman–Crippen MR) is 115 cm³/mol. The van der Waals surface area contributed by atoms with Crippen LogP contribution in [-0.4, -0.2) is 55.2 Å². The summed E-state index contributed by atoms with van der Waals surface area (Å²) in [6, 6.07) is 4.31. The van der Waals surface area contributed by atoms with Crippen LogP contribution in [0.15, 0.2) is 12.1 Å². The number of amides is 1. The second kappa shape index (κ2) is 10.4. The van der Waals surface area contributed by atoms with Crippen LogP contribution in [0, 0.1) is 13.8 Å². The number of aryl methyl sites for hydroxylation is 2. The molecule has 0 N–H and O–H groups in total. The van der Waals surface area contributed by atoms with Gasteiger partial charge in [-0.15, -0.1) is 12.4 Å². The van der Waals surface area contributed by atoms with Crippen LogP contribution in [0.3, 0.4) is 0 Å². The Balaban J connectivity index is 0.00000261. The van der Waals surface area contributed by atoms with Crippen molar-refractivity contribution in [2.75, 3.05) is 44.3 Å². The number of morpholine rings is 1. The van der Waals surface area contributed by atoms with Crippen LogP contribution in [0.1, 0.15) is 37.3 Å². The van der Waals surface area contributed by atoms with Crippen molar-refractivity contribution >= 4 is 45.0 Å². The molecular formula is C20H30ClN3O2S. The molecule has 1 aliphatic rings. The van der Waals surface area contributed by atoms with Crippen LogP contribution in [0.5, 0.6) is 0 Å². The molecule has 0 saturated carbocycles. The molecule has 2 aromatic rings. The highest BCUT2D eigenvalue weighted by molar-refractivity contribution is 7.22. The third kappa shape index (κ3) is 5.64. The summed E-state index contributed by atoms with van der Waals surface area (Å²) in [4.78, 5) is 21.8. The minimum atomic E-state index is 0. The molecule has 0 atom stereocenters. The summed E-state index contributed by atoms with van der Waals surface area (Å²) in [6.07, 6.45) is 2.40. The van der Waals surface area contributed by atoms with Gasteiger partial charge in [0, 0.05) is 32.6 Å². The summed E-state index contributed by atoms with van der Waals surface area (Å²) in [6.45, 7) is 11.6. The fourth-order valence-corrected chi connectivity index (χ4v) is 4.33. The van der Waals surface area contributed by atoms with Gasteiger partial charge in [0.1, 0.15) is 0 Å². The van der Waals surface area contributed by atoms with E-state index >= 15 is 0 Å². The van der Waals surface area contributed by atoms with Gasteiger partial charge in [-0.1, -0.05) is 18.3 Å². The number of anilines is 1. The van der Waals surface area contributed by atoms with Gasteiger partial charge in [0.25, 0.3) is 0 Å². The van der Waals surface area contributed by atoms with Gasteiger partial charge in [-0.3, -0.25) is 14.6 Å². The lowest BCUT2D eigenvalue weighted by atomic mass is 10.1. The van der Waals surface area contributed by atoms with Crippen LogP contribution < -0.4 is 4.90 Å². The zero-order valence-electron chi connectivity index (χ0n) is 16.5. The lowest BCUT2D eigenvalue weighted by Crippen LogP contribution is -2.39. The van der Waals surface area contributed by atoms with E-state index in [0.29, 0.717) is 6.42 Å². The van der Waals surface area contributed by atoms with E-state index in [1.165, 1.54) is 11.1 Å². The van der Waals surface area contributed by atoms with E-state index in [1.807, 2.05) is 4.90 Å². The number of rotatable bonds is 7. The van der Waals surface area contributed by atoms with Crippen molar-refractivity contribution in [1.82, 2.24) is 9.88 Å². The minimum absolute atomic E-state index is 0. The summed E-state index contributed by atoms with van der Waals surface area (Å²) in [5.74, 6) is 0.182. The predicted octanol–water partition coefficient (Wildman–Crippen LogP) is 4.19. The summed E-state index contributed by atoms with van der Waals surface area (Å²) < 4.78 is 6.56. The van der Waals surface area contributed by atoms with Crippen molar-refractivity contribution in [2.45, 2.75) is 40.0 Å². The summed E-state index contributed by atoms with van der Waals surface area (Å²) in [5, 5.41) is 0.838. The van der Waals surface area contributed by atoms with E-state index in [0.717, 1.165) is 67.6 Å².